The predicted octanol–water partition coefficient (Wildman–Crippen LogP) is 5.56. The molecule has 3 heteroatoms. The first-order chi connectivity index (χ1) is 9.04. The van der Waals surface area contributed by atoms with E-state index in [2.05, 4.69) is 70.0 Å². The highest BCUT2D eigenvalue weighted by molar-refractivity contribution is 9.10. The molecule has 0 aliphatic heterocycles. The first-order valence-electron chi connectivity index (χ1n) is 6.08. The number of aryl methyl sites for hydroxylation is 1. The zero-order valence-corrected chi connectivity index (χ0v) is 14.4. The Hall–Kier alpha value is -0.800. The van der Waals surface area contributed by atoms with Crippen LogP contribution in [0.1, 0.15) is 27.1 Å². The molecular formula is C16H16Br2O. The molecule has 0 saturated heterocycles. The van der Waals surface area contributed by atoms with Crippen molar-refractivity contribution in [1.82, 2.24) is 0 Å². The second-order valence-electron chi connectivity index (χ2n) is 4.54. The third kappa shape index (κ3) is 3.03. The van der Waals surface area contributed by atoms with Gasteiger partial charge < -0.3 is 4.74 Å². The van der Waals surface area contributed by atoms with Gasteiger partial charge in [0.2, 0.25) is 0 Å². The van der Waals surface area contributed by atoms with E-state index in [0.717, 1.165) is 15.8 Å². The van der Waals surface area contributed by atoms with Gasteiger partial charge in [0.15, 0.2) is 0 Å². The summed E-state index contributed by atoms with van der Waals surface area (Å²) in [5.74, 6) is 0.894. The summed E-state index contributed by atoms with van der Waals surface area (Å²) in [5, 5.41) is 0. The van der Waals surface area contributed by atoms with Crippen LogP contribution in [0.5, 0.6) is 5.75 Å². The van der Waals surface area contributed by atoms with Crippen molar-refractivity contribution in [3.8, 4) is 5.75 Å². The summed E-state index contributed by atoms with van der Waals surface area (Å²) in [7, 11) is 1.70. The van der Waals surface area contributed by atoms with Crippen molar-refractivity contribution in [2.75, 3.05) is 7.11 Å². The van der Waals surface area contributed by atoms with Crippen LogP contribution in [0.15, 0.2) is 40.9 Å². The highest BCUT2D eigenvalue weighted by atomic mass is 79.9. The van der Waals surface area contributed by atoms with Crippen LogP contribution < -0.4 is 4.74 Å². The van der Waals surface area contributed by atoms with Gasteiger partial charge in [0.05, 0.1) is 11.9 Å². The Balaban J connectivity index is 2.52. The summed E-state index contributed by atoms with van der Waals surface area (Å²) in [5.41, 5.74) is 5.02. The molecule has 0 aromatic heterocycles. The van der Waals surface area contributed by atoms with E-state index in [9.17, 15) is 0 Å². The Labute approximate surface area is 131 Å². The molecule has 2 rings (SSSR count). The van der Waals surface area contributed by atoms with E-state index in [1.54, 1.807) is 7.11 Å². The van der Waals surface area contributed by atoms with E-state index in [0.29, 0.717) is 0 Å². The van der Waals surface area contributed by atoms with Crippen molar-refractivity contribution in [3.05, 3.63) is 63.1 Å². The molecule has 2 aromatic rings. The molecule has 0 bridgehead atoms. The SMILES string of the molecule is COc1ccc(Br)cc1C(Br)c1cccc(C)c1C. The highest BCUT2D eigenvalue weighted by Gasteiger charge is 2.18. The van der Waals surface area contributed by atoms with Gasteiger partial charge in [-0.2, -0.15) is 0 Å². The molecule has 0 aliphatic rings. The van der Waals surface area contributed by atoms with E-state index in [1.165, 1.54) is 16.7 Å². The van der Waals surface area contributed by atoms with Crippen molar-refractivity contribution < 1.29 is 4.74 Å². The molecule has 0 amide bonds. The molecule has 0 aliphatic carbocycles. The predicted molar refractivity (Wildman–Crippen MR) is 87.4 cm³/mol. The first kappa shape index (κ1) is 14.6. The van der Waals surface area contributed by atoms with Gasteiger partial charge in [-0.1, -0.05) is 50.1 Å². The van der Waals surface area contributed by atoms with E-state index in [-0.39, 0.29) is 4.83 Å². The van der Waals surface area contributed by atoms with Crippen LogP contribution in [0.4, 0.5) is 0 Å². The van der Waals surface area contributed by atoms with Gasteiger partial charge in [0.25, 0.3) is 0 Å². The molecule has 1 nitrogen and oxygen atoms in total. The maximum absolute atomic E-state index is 5.46. The van der Waals surface area contributed by atoms with Crippen LogP contribution in [0.3, 0.4) is 0 Å². The van der Waals surface area contributed by atoms with E-state index in [4.69, 9.17) is 4.74 Å². The summed E-state index contributed by atoms with van der Waals surface area (Å²) in [6.07, 6.45) is 0. The van der Waals surface area contributed by atoms with Gasteiger partial charge in [-0.15, -0.1) is 0 Å². The van der Waals surface area contributed by atoms with Crippen LogP contribution in [-0.2, 0) is 0 Å². The second-order valence-corrected chi connectivity index (χ2v) is 6.37. The summed E-state index contributed by atoms with van der Waals surface area (Å²) in [4.78, 5) is 0.125. The molecule has 0 saturated carbocycles. The smallest absolute Gasteiger partial charge is 0.123 e. The van der Waals surface area contributed by atoms with Crippen LogP contribution in [-0.4, -0.2) is 7.11 Å². The quantitative estimate of drug-likeness (QED) is 0.630. The number of methoxy groups -OCH3 is 1. The minimum absolute atomic E-state index is 0.125. The number of hydrogen-bond acceptors (Lipinski definition) is 1. The molecule has 0 fully saturated rings. The molecule has 0 radical (unpaired) electrons. The van der Waals surface area contributed by atoms with E-state index < -0.39 is 0 Å². The van der Waals surface area contributed by atoms with Gasteiger partial charge in [-0.3, -0.25) is 0 Å². The Morgan fingerprint density at radius 3 is 2.47 bits per heavy atom. The largest absolute Gasteiger partial charge is 0.496 e. The third-order valence-electron chi connectivity index (χ3n) is 3.38. The number of ether oxygens (including phenoxy) is 1. The van der Waals surface area contributed by atoms with Gasteiger partial charge in [-0.25, -0.2) is 0 Å². The lowest BCUT2D eigenvalue weighted by atomic mass is 9.97. The molecule has 19 heavy (non-hydrogen) atoms. The lowest BCUT2D eigenvalue weighted by Crippen LogP contribution is -2.00. The molecule has 0 N–H and O–H groups in total. The number of hydrogen-bond donors (Lipinski definition) is 0. The fourth-order valence-electron chi connectivity index (χ4n) is 2.12. The Bertz CT molecular complexity index is 593. The number of alkyl halides is 1. The van der Waals surface area contributed by atoms with Crippen molar-refractivity contribution in [2.24, 2.45) is 0 Å². The average molecular weight is 384 g/mol. The summed E-state index contributed by atoms with van der Waals surface area (Å²) >= 11 is 7.33. The van der Waals surface area contributed by atoms with Crippen LogP contribution in [0.25, 0.3) is 0 Å². The van der Waals surface area contributed by atoms with Gasteiger partial charge in [-0.05, 0) is 48.7 Å². The molecular weight excluding hydrogens is 368 g/mol. The van der Waals surface area contributed by atoms with Gasteiger partial charge in [0, 0.05) is 10.0 Å². The summed E-state index contributed by atoms with van der Waals surface area (Å²) < 4.78 is 6.52. The second kappa shape index (κ2) is 6.10. The average Bonchev–Trinajstić information content (AvgIpc) is 2.41. The van der Waals surface area contributed by atoms with E-state index in [1.807, 2.05) is 12.1 Å². The molecule has 1 unspecified atom stereocenters. The fraction of sp³-hybridized carbons (Fsp3) is 0.250. The van der Waals surface area contributed by atoms with Crippen LogP contribution in [0.2, 0.25) is 0 Å². The van der Waals surface area contributed by atoms with Crippen molar-refractivity contribution >= 4 is 31.9 Å². The Morgan fingerprint density at radius 2 is 1.79 bits per heavy atom. The van der Waals surface area contributed by atoms with Gasteiger partial charge >= 0.3 is 0 Å². The minimum Gasteiger partial charge on any atom is -0.496 e. The molecule has 2 aromatic carbocycles. The number of rotatable bonds is 3. The molecule has 100 valence electrons. The van der Waals surface area contributed by atoms with Crippen LogP contribution >= 0.6 is 31.9 Å². The van der Waals surface area contributed by atoms with Crippen LogP contribution in [0, 0.1) is 13.8 Å². The third-order valence-corrected chi connectivity index (χ3v) is 4.86. The van der Waals surface area contributed by atoms with Gasteiger partial charge in [0.1, 0.15) is 5.75 Å². The van der Waals surface area contributed by atoms with Crippen molar-refractivity contribution in [3.63, 3.8) is 0 Å². The Kier molecular flexibility index (Phi) is 4.69. The molecule has 0 spiro atoms. The number of halogens is 2. The normalized spacial score (nSPS) is 12.3. The van der Waals surface area contributed by atoms with Crippen molar-refractivity contribution in [1.29, 1.82) is 0 Å². The summed E-state index contributed by atoms with van der Waals surface area (Å²) in [6.45, 7) is 4.29. The number of benzene rings is 2. The van der Waals surface area contributed by atoms with Crippen molar-refractivity contribution in [2.45, 2.75) is 18.7 Å². The molecule has 1 atom stereocenters. The van der Waals surface area contributed by atoms with E-state index >= 15 is 0 Å². The lowest BCUT2D eigenvalue weighted by Gasteiger charge is -2.18. The molecule has 0 heterocycles. The minimum atomic E-state index is 0.125. The Morgan fingerprint density at radius 1 is 1.05 bits per heavy atom. The maximum atomic E-state index is 5.46. The first-order valence-corrected chi connectivity index (χ1v) is 7.79. The maximum Gasteiger partial charge on any atom is 0.123 e. The fourth-order valence-corrected chi connectivity index (χ4v) is 3.35. The zero-order valence-electron chi connectivity index (χ0n) is 11.2. The monoisotopic (exact) mass is 382 g/mol. The topological polar surface area (TPSA) is 9.23 Å². The lowest BCUT2D eigenvalue weighted by molar-refractivity contribution is 0.410. The summed E-state index contributed by atoms with van der Waals surface area (Å²) in [6, 6.07) is 12.5. The standard InChI is InChI=1S/C16H16Br2O/c1-10-5-4-6-13(11(10)2)16(18)14-9-12(17)7-8-15(14)19-3/h4-9,16H,1-3H3. The highest BCUT2D eigenvalue weighted by Crippen LogP contribution is 2.39. The zero-order chi connectivity index (χ0) is 14.0.